The summed E-state index contributed by atoms with van der Waals surface area (Å²) in [6.45, 7) is 4.69. The maximum absolute atomic E-state index is 5.97. The molecule has 2 aliphatic rings. The zero-order valence-electron chi connectivity index (χ0n) is 10.1. The Labute approximate surface area is 100 Å². The Bertz CT molecular complexity index is 496. The Balaban J connectivity index is 2.11. The summed E-state index contributed by atoms with van der Waals surface area (Å²) in [5.41, 5.74) is 6.01. The van der Waals surface area contributed by atoms with E-state index >= 15 is 0 Å². The first-order valence-corrected chi connectivity index (χ1v) is 5.78. The molecule has 4 heteroatoms. The molecule has 1 aromatic carbocycles. The molecular weight excluding hydrogens is 216 g/mol. The number of rotatable bonds is 0. The van der Waals surface area contributed by atoms with Gasteiger partial charge in [-0.3, -0.25) is 0 Å². The maximum Gasteiger partial charge on any atom is 0.283 e. The average Bonchev–Trinajstić information content (AvgIpc) is 2.59. The fourth-order valence-electron chi connectivity index (χ4n) is 2.75. The lowest BCUT2D eigenvalue weighted by Crippen LogP contribution is -2.46. The quantitative estimate of drug-likeness (QED) is 0.742. The number of ether oxygens (including phenoxy) is 2. The standard InChI is InChI=1S/C13H16N2O2/c1-12(2)7-13(8-15-11(14)17-13)9-5-3-4-6-10(9)16-12/h3-6H,7-8H2,1-2H3,(H2,14,15). The average molecular weight is 232 g/mol. The number of para-hydroxylation sites is 1. The Hall–Kier alpha value is -1.71. The highest BCUT2D eigenvalue weighted by Gasteiger charge is 2.49. The van der Waals surface area contributed by atoms with Crippen LogP contribution in [0.2, 0.25) is 0 Å². The minimum Gasteiger partial charge on any atom is -0.487 e. The molecule has 0 fully saturated rings. The summed E-state index contributed by atoms with van der Waals surface area (Å²) in [6.07, 6.45) is 0.751. The number of fused-ring (bicyclic) bond motifs is 2. The predicted octanol–water partition coefficient (Wildman–Crippen LogP) is 1.79. The number of nitrogens with two attached hydrogens (primary N) is 1. The number of amidine groups is 1. The van der Waals surface area contributed by atoms with Gasteiger partial charge in [-0.15, -0.1) is 0 Å². The molecule has 4 nitrogen and oxygen atoms in total. The van der Waals surface area contributed by atoms with Crippen LogP contribution in [0.4, 0.5) is 0 Å². The van der Waals surface area contributed by atoms with Crippen molar-refractivity contribution in [3.8, 4) is 5.75 Å². The van der Waals surface area contributed by atoms with Crippen molar-refractivity contribution in [2.75, 3.05) is 6.54 Å². The normalized spacial score (nSPS) is 29.2. The molecule has 0 saturated carbocycles. The topological polar surface area (TPSA) is 56.8 Å². The molecule has 3 rings (SSSR count). The van der Waals surface area contributed by atoms with Gasteiger partial charge in [0.1, 0.15) is 11.4 Å². The van der Waals surface area contributed by atoms with Crippen LogP contribution in [0.5, 0.6) is 5.75 Å². The molecule has 1 unspecified atom stereocenters. The highest BCUT2D eigenvalue weighted by Crippen LogP contribution is 2.47. The first kappa shape index (κ1) is 10.4. The van der Waals surface area contributed by atoms with Crippen molar-refractivity contribution in [3.05, 3.63) is 29.8 Å². The van der Waals surface area contributed by atoms with E-state index in [9.17, 15) is 0 Å². The van der Waals surface area contributed by atoms with Crippen molar-refractivity contribution in [2.24, 2.45) is 10.7 Å². The number of aliphatic imine (C=N–C) groups is 1. The van der Waals surface area contributed by atoms with E-state index < -0.39 is 5.60 Å². The summed E-state index contributed by atoms with van der Waals surface area (Å²) in [4.78, 5) is 4.19. The molecule has 0 saturated heterocycles. The van der Waals surface area contributed by atoms with Crippen LogP contribution in [0.15, 0.2) is 29.3 Å². The van der Waals surface area contributed by atoms with Gasteiger partial charge in [0.2, 0.25) is 0 Å². The summed E-state index contributed by atoms with van der Waals surface area (Å²) >= 11 is 0. The smallest absolute Gasteiger partial charge is 0.283 e. The lowest BCUT2D eigenvalue weighted by molar-refractivity contribution is -0.0378. The second-order valence-electron chi connectivity index (χ2n) is 5.29. The summed E-state index contributed by atoms with van der Waals surface area (Å²) in [5.74, 6) is 0.869. The van der Waals surface area contributed by atoms with Crippen molar-refractivity contribution >= 4 is 6.02 Å². The minimum absolute atomic E-state index is 0.269. The molecule has 2 heterocycles. The largest absolute Gasteiger partial charge is 0.487 e. The maximum atomic E-state index is 5.97. The van der Waals surface area contributed by atoms with Crippen molar-refractivity contribution in [1.82, 2.24) is 0 Å². The van der Waals surface area contributed by atoms with E-state index in [1.807, 2.05) is 24.3 Å². The second kappa shape index (κ2) is 3.15. The van der Waals surface area contributed by atoms with E-state index in [2.05, 4.69) is 18.8 Å². The van der Waals surface area contributed by atoms with Crippen LogP contribution in [-0.4, -0.2) is 18.2 Å². The van der Waals surface area contributed by atoms with Gasteiger partial charge in [0, 0.05) is 12.0 Å². The number of nitrogens with zero attached hydrogens (tertiary/aromatic N) is 1. The number of benzene rings is 1. The monoisotopic (exact) mass is 232 g/mol. The van der Waals surface area contributed by atoms with Crippen LogP contribution < -0.4 is 10.5 Å². The van der Waals surface area contributed by atoms with Gasteiger partial charge in [-0.05, 0) is 19.9 Å². The summed E-state index contributed by atoms with van der Waals surface area (Å²) in [5, 5.41) is 0. The Morgan fingerprint density at radius 2 is 2.00 bits per heavy atom. The second-order valence-corrected chi connectivity index (χ2v) is 5.29. The van der Waals surface area contributed by atoms with Gasteiger partial charge in [-0.1, -0.05) is 18.2 Å². The Morgan fingerprint density at radius 3 is 2.71 bits per heavy atom. The summed E-state index contributed by atoms with van der Waals surface area (Å²) < 4.78 is 11.8. The van der Waals surface area contributed by atoms with Crippen molar-refractivity contribution in [2.45, 2.75) is 31.5 Å². The first-order chi connectivity index (χ1) is 8.01. The Kier molecular flexibility index (Phi) is 1.94. The molecule has 2 N–H and O–H groups in total. The van der Waals surface area contributed by atoms with Crippen LogP contribution in [0, 0.1) is 0 Å². The molecule has 17 heavy (non-hydrogen) atoms. The van der Waals surface area contributed by atoms with Gasteiger partial charge in [-0.25, -0.2) is 4.99 Å². The molecule has 1 spiro atoms. The number of hydrogen-bond donors (Lipinski definition) is 1. The highest BCUT2D eigenvalue weighted by atomic mass is 16.5. The third kappa shape index (κ3) is 1.55. The van der Waals surface area contributed by atoms with Gasteiger partial charge in [0.15, 0.2) is 5.60 Å². The molecule has 0 aromatic heterocycles. The summed E-state index contributed by atoms with van der Waals surface area (Å²) in [7, 11) is 0. The third-order valence-electron chi connectivity index (χ3n) is 3.27. The van der Waals surface area contributed by atoms with Crippen molar-refractivity contribution in [3.63, 3.8) is 0 Å². The molecule has 1 aromatic rings. The van der Waals surface area contributed by atoms with E-state index in [4.69, 9.17) is 15.2 Å². The highest BCUT2D eigenvalue weighted by molar-refractivity contribution is 5.74. The van der Waals surface area contributed by atoms with Gasteiger partial charge in [-0.2, -0.15) is 0 Å². The number of hydrogen-bond acceptors (Lipinski definition) is 4. The molecule has 0 amide bonds. The van der Waals surface area contributed by atoms with Crippen LogP contribution >= 0.6 is 0 Å². The van der Waals surface area contributed by atoms with Crippen LogP contribution in [0.25, 0.3) is 0 Å². The molecule has 0 bridgehead atoms. The van der Waals surface area contributed by atoms with Crippen LogP contribution in [0.1, 0.15) is 25.8 Å². The molecule has 0 aliphatic carbocycles. The van der Waals surface area contributed by atoms with Gasteiger partial charge in [0.25, 0.3) is 6.02 Å². The zero-order chi connectivity index (χ0) is 12.1. The fourth-order valence-corrected chi connectivity index (χ4v) is 2.75. The molecular formula is C13H16N2O2. The third-order valence-corrected chi connectivity index (χ3v) is 3.27. The van der Waals surface area contributed by atoms with E-state index in [-0.39, 0.29) is 11.6 Å². The summed E-state index contributed by atoms with van der Waals surface area (Å²) in [6, 6.07) is 8.22. The minimum atomic E-state index is -0.442. The fraction of sp³-hybridized carbons (Fsp3) is 0.462. The van der Waals surface area contributed by atoms with Gasteiger partial charge >= 0.3 is 0 Å². The van der Waals surface area contributed by atoms with E-state index in [1.165, 1.54) is 0 Å². The first-order valence-electron chi connectivity index (χ1n) is 5.78. The Morgan fingerprint density at radius 1 is 1.24 bits per heavy atom. The molecule has 1 atom stereocenters. The van der Waals surface area contributed by atoms with Crippen molar-refractivity contribution in [1.29, 1.82) is 0 Å². The van der Waals surface area contributed by atoms with Gasteiger partial charge < -0.3 is 15.2 Å². The lowest BCUT2D eigenvalue weighted by Gasteiger charge is -2.42. The SMILES string of the molecule is CC1(C)CC2(CN=C(N)O2)c2ccccc2O1. The lowest BCUT2D eigenvalue weighted by atomic mass is 9.80. The van der Waals surface area contributed by atoms with Crippen LogP contribution in [0.3, 0.4) is 0 Å². The zero-order valence-corrected chi connectivity index (χ0v) is 10.1. The predicted molar refractivity (Wildman–Crippen MR) is 65.0 cm³/mol. The van der Waals surface area contributed by atoms with E-state index in [0.717, 1.165) is 17.7 Å². The molecule has 90 valence electrons. The van der Waals surface area contributed by atoms with Crippen molar-refractivity contribution < 1.29 is 9.47 Å². The van der Waals surface area contributed by atoms with E-state index in [0.29, 0.717) is 6.54 Å². The van der Waals surface area contributed by atoms with Crippen LogP contribution in [-0.2, 0) is 10.3 Å². The molecule has 2 aliphatic heterocycles. The molecule has 0 radical (unpaired) electrons. The van der Waals surface area contributed by atoms with E-state index in [1.54, 1.807) is 0 Å². The van der Waals surface area contributed by atoms with Gasteiger partial charge in [0.05, 0.1) is 6.54 Å².